The van der Waals surface area contributed by atoms with Gasteiger partial charge in [0.15, 0.2) is 0 Å². The summed E-state index contributed by atoms with van der Waals surface area (Å²) in [6.07, 6.45) is 2.54. The molecule has 0 saturated heterocycles. The van der Waals surface area contributed by atoms with E-state index in [1.54, 1.807) is 6.92 Å². The van der Waals surface area contributed by atoms with Crippen LogP contribution in [0.2, 0.25) is 0 Å². The summed E-state index contributed by atoms with van der Waals surface area (Å²) < 4.78 is 21.8. The Morgan fingerprint density at radius 1 is 1.53 bits per heavy atom. The molecular formula is C9H13N3O4S. The fourth-order valence-corrected chi connectivity index (χ4v) is 1.74. The lowest BCUT2D eigenvalue weighted by atomic mass is 10.2. The molecule has 0 aliphatic carbocycles. The Morgan fingerprint density at radius 3 is 2.71 bits per heavy atom. The lowest BCUT2D eigenvalue weighted by Gasteiger charge is -2.06. The van der Waals surface area contributed by atoms with Crippen LogP contribution in [0.1, 0.15) is 5.56 Å². The molecule has 1 aromatic rings. The molecule has 17 heavy (non-hydrogen) atoms. The van der Waals surface area contributed by atoms with Crippen molar-refractivity contribution in [1.29, 1.82) is 0 Å². The highest BCUT2D eigenvalue weighted by Gasteiger charge is 2.18. The number of hydrogen-bond acceptors (Lipinski definition) is 6. The summed E-state index contributed by atoms with van der Waals surface area (Å²) in [4.78, 5) is 14.1. The molecule has 8 heteroatoms. The highest BCUT2D eigenvalue weighted by molar-refractivity contribution is 7.90. The van der Waals surface area contributed by atoms with E-state index < -0.39 is 14.8 Å². The van der Waals surface area contributed by atoms with E-state index in [1.165, 1.54) is 12.3 Å². The molecule has 0 bridgehead atoms. The molecule has 0 aromatic carbocycles. The fraction of sp³-hybridized carbons (Fsp3) is 0.444. The Balaban J connectivity index is 2.85. The van der Waals surface area contributed by atoms with Crippen molar-refractivity contribution >= 4 is 21.3 Å². The van der Waals surface area contributed by atoms with Crippen LogP contribution in [0.3, 0.4) is 0 Å². The smallest absolute Gasteiger partial charge is 0.314 e. The zero-order valence-electron chi connectivity index (χ0n) is 9.50. The van der Waals surface area contributed by atoms with Gasteiger partial charge in [0.25, 0.3) is 0 Å². The van der Waals surface area contributed by atoms with Crippen molar-refractivity contribution in [2.24, 2.45) is 0 Å². The number of anilines is 1. The van der Waals surface area contributed by atoms with Crippen molar-refractivity contribution in [1.82, 2.24) is 4.98 Å². The number of nitro groups is 1. The summed E-state index contributed by atoms with van der Waals surface area (Å²) in [5, 5.41) is 13.5. The second kappa shape index (κ2) is 5.09. The first-order chi connectivity index (χ1) is 7.81. The number of sulfone groups is 1. The average Bonchev–Trinajstić information content (AvgIpc) is 2.14. The molecule has 0 aliphatic rings. The first-order valence-corrected chi connectivity index (χ1v) is 6.89. The van der Waals surface area contributed by atoms with Crippen molar-refractivity contribution in [3.05, 3.63) is 27.9 Å². The molecule has 1 N–H and O–H groups in total. The summed E-state index contributed by atoms with van der Waals surface area (Å²) in [7, 11) is -3.10. The Labute approximate surface area is 98.9 Å². The van der Waals surface area contributed by atoms with Crippen LogP contribution >= 0.6 is 0 Å². The molecule has 0 radical (unpaired) electrons. The first kappa shape index (κ1) is 13.4. The van der Waals surface area contributed by atoms with Crippen LogP contribution in [0.15, 0.2) is 12.3 Å². The van der Waals surface area contributed by atoms with Gasteiger partial charge in [0.2, 0.25) is 5.82 Å². The zero-order chi connectivity index (χ0) is 13.1. The van der Waals surface area contributed by atoms with Gasteiger partial charge in [0.05, 0.1) is 10.7 Å². The van der Waals surface area contributed by atoms with E-state index in [4.69, 9.17) is 0 Å². The fourth-order valence-electron chi connectivity index (χ4n) is 1.27. The predicted octanol–water partition coefficient (Wildman–Crippen LogP) is 0.755. The van der Waals surface area contributed by atoms with Gasteiger partial charge in [0.1, 0.15) is 9.84 Å². The molecule has 1 rings (SSSR count). The maximum atomic E-state index is 10.9. The SMILES string of the molecule is Cc1ccnc(NCCS(C)(=O)=O)c1[N+](=O)[O-]. The first-order valence-electron chi connectivity index (χ1n) is 4.83. The number of pyridine rings is 1. The van der Waals surface area contributed by atoms with Crippen LogP contribution in [0.5, 0.6) is 0 Å². The van der Waals surface area contributed by atoms with E-state index in [0.29, 0.717) is 5.56 Å². The molecule has 0 spiro atoms. The third kappa shape index (κ3) is 3.99. The summed E-state index contributed by atoms with van der Waals surface area (Å²) in [5.74, 6) is -0.00147. The molecule has 0 fully saturated rings. The predicted molar refractivity (Wildman–Crippen MR) is 63.8 cm³/mol. The highest BCUT2D eigenvalue weighted by Crippen LogP contribution is 2.24. The van der Waals surface area contributed by atoms with E-state index >= 15 is 0 Å². The monoisotopic (exact) mass is 259 g/mol. The molecule has 0 saturated carbocycles. The molecule has 1 heterocycles. The summed E-state index contributed by atoms with van der Waals surface area (Å²) >= 11 is 0. The highest BCUT2D eigenvalue weighted by atomic mass is 32.2. The minimum atomic E-state index is -3.10. The number of nitrogens with one attached hydrogen (secondary N) is 1. The van der Waals surface area contributed by atoms with Gasteiger partial charge < -0.3 is 5.32 Å². The largest absolute Gasteiger partial charge is 0.363 e. The summed E-state index contributed by atoms with van der Waals surface area (Å²) in [6.45, 7) is 1.69. The van der Waals surface area contributed by atoms with Gasteiger partial charge in [-0.3, -0.25) is 10.1 Å². The third-order valence-electron chi connectivity index (χ3n) is 2.07. The van der Waals surface area contributed by atoms with Gasteiger partial charge in [-0.1, -0.05) is 0 Å². The van der Waals surface area contributed by atoms with Crippen molar-refractivity contribution in [2.75, 3.05) is 23.9 Å². The molecular weight excluding hydrogens is 246 g/mol. The van der Waals surface area contributed by atoms with Crippen molar-refractivity contribution in [2.45, 2.75) is 6.92 Å². The number of rotatable bonds is 5. The van der Waals surface area contributed by atoms with E-state index in [9.17, 15) is 18.5 Å². The van der Waals surface area contributed by atoms with Crippen molar-refractivity contribution < 1.29 is 13.3 Å². The van der Waals surface area contributed by atoms with E-state index in [1.807, 2.05) is 0 Å². The average molecular weight is 259 g/mol. The molecule has 0 aliphatic heterocycles. The molecule has 0 atom stereocenters. The summed E-state index contributed by atoms with van der Waals surface area (Å²) in [5.41, 5.74) is 0.354. The number of aryl methyl sites for hydroxylation is 1. The van der Waals surface area contributed by atoms with Crippen LogP contribution in [0, 0.1) is 17.0 Å². The van der Waals surface area contributed by atoms with Crippen molar-refractivity contribution in [3.63, 3.8) is 0 Å². The van der Waals surface area contributed by atoms with Gasteiger partial charge in [-0.25, -0.2) is 13.4 Å². The molecule has 1 aromatic heterocycles. The van der Waals surface area contributed by atoms with E-state index in [0.717, 1.165) is 6.26 Å². The Bertz CT molecular complexity index is 527. The number of nitrogens with zero attached hydrogens (tertiary/aromatic N) is 2. The maximum Gasteiger partial charge on any atom is 0.314 e. The van der Waals surface area contributed by atoms with Gasteiger partial charge in [0, 0.05) is 24.6 Å². The van der Waals surface area contributed by atoms with E-state index in [2.05, 4.69) is 10.3 Å². The van der Waals surface area contributed by atoms with Gasteiger partial charge in [-0.2, -0.15) is 0 Å². The summed E-state index contributed by atoms with van der Waals surface area (Å²) in [6, 6.07) is 1.53. The molecule has 0 amide bonds. The number of aromatic nitrogens is 1. The second-order valence-electron chi connectivity index (χ2n) is 3.64. The molecule has 0 unspecified atom stereocenters. The number of hydrogen-bond donors (Lipinski definition) is 1. The standard InChI is InChI=1S/C9H13N3O4S/c1-7-3-4-10-9(8(7)12(13)14)11-5-6-17(2,15)16/h3-4H,5-6H2,1-2H3,(H,10,11). The van der Waals surface area contributed by atoms with E-state index in [-0.39, 0.29) is 23.8 Å². The molecule has 94 valence electrons. The zero-order valence-corrected chi connectivity index (χ0v) is 10.3. The topological polar surface area (TPSA) is 102 Å². The van der Waals surface area contributed by atoms with Crippen LogP contribution in [0.4, 0.5) is 11.5 Å². The third-order valence-corrected chi connectivity index (χ3v) is 3.02. The second-order valence-corrected chi connectivity index (χ2v) is 5.90. The van der Waals surface area contributed by atoms with Crippen LogP contribution in [-0.2, 0) is 9.84 Å². The lowest BCUT2D eigenvalue weighted by Crippen LogP contribution is -2.15. The van der Waals surface area contributed by atoms with Crippen LogP contribution in [0.25, 0.3) is 0 Å². The minimum absolute atomic E-state index is 0.0934. The minimum Gasteiger partial charge on any atom is -0.363 e. The van der Waals surface area contributed by atoms with Crippen LogP contribution in [-0.4, -0.2) is 36.9 Å². The Morgan fingerprint density at radius 2 is 2.18 bits per heavy atom. The molecule has 7 nitrogen and oxygen atoms in total. The quantitative estimate of drug-likeness (QED) is 0.618. The normalized spacial score (nSPS) is 11.2. The Kier molecular flexibility index (Phi) is 4.00. The van der Waals surface area contributed by atoms with Gasteiger partial charge in [-0.05, 0) is 13.0 Å². The van der Waals surface area contributed by atoms with Crippen LogP contribution < -0.4 is 5.32 Å². The van der Waals surface area contributed by atoms with Gasteiger partial charge >= 0.3 is 5.69 Å². The lowest BCUT2D eigenvalue weighted by molar-refractivity contribution is -0.384. The Hall–Kier alpha value is -1.70. The van der Waals surface area contributed by atoms with Crippen molar-refractivity contribution in [3.8, 4) is 0 Å². The maximum absolute atomic E-state index is 10.9. The van der Waals surface area contributed by atoms with Gasteiger partial charge in [-0.15, -0.1) is 0 Å².